The highest BCUT2D eigenvalue weighted by molar-refractivity contribution is 6.12. The summed E-state index contributed by atoms with van der Waals surface area (Å²) in [7, 11) is 1.51. The number of carbonyl (C=O) groups is 3. The fraction of sp³-hybridized carbons (Fsp3) is 0.500. The number of rotatable bonds is 12. The van der Waals surface area contributed by atoms with Gasteiger partial charge in [-0.15, -0.1) is 5.10 Å². The van der Waals surface area contributed by atoms with Crippen molar-refractivity contribution in [3.05, 3.63) is 59.4 Å². The molecule has 1 aliphatic rings. The van der Waals surface area contributed by atoms with Gasteiger partial charge in [0, 0.05) is 25.8 Å². The van der Waals surface area contributed by atoms with E-state index < -0.39 is 41.5 Å². The van der Waals surface area contributed by atoms with Crippen LogP contribution in [0.25, 0.3) is 5.69 Å². The molecule has 2 aromatic carbocycles. The minimum absolute atomic E-state index is 0.0258. The Labute approximate surface area is 283 Å². The Hall–Kier alpha value is -4.50. The zero-order valence-corrected chi connectivity index (χ0v) is 28.5. The predicted molar refractivity (Wildman–Crippen MR) is 177 cm³/mol. The van der Waals surface area contributed by atoms with Crippen LogP contribution in [0.3, 0.4) is 0 Å². The molecule has 1 aromatic heterocycles. The molecule has 1 unspecified atom stereocenters. The number of anilines is 3. The molecule has 49 heavy (non-hydrogen) atoms. The summed E-state index contributed by atoms with van der Waals surface area (Å²) in [6.45, 7) is 9.70. The van der Waals surface area contributed by atoms with Gasteiger partial charge in [-0.25, -0.2) is 9.48 Å². The van der Waals surface area contributed by atoms with E-state index in [1.54, 1.807) is 32.9 Å². The summed E-state index contributed by atoms with van der Waals surface area (Å²) in [5, 5.41) is 12.9. The lowest BCUT2D eigenvalue weighted by atomic mass is 10.1. The quantitative estimate of drug-likeness (QED) is 0.153. The number of ether oxygens (including phenoxy) is 3. The summed E-state index contributed by atoms with van der Waals surface area (Å²) >= 11 is 0. The summed E-state index contributed by atoms with van der Waals surface area (Å²) in [6, 6.07) is 8.24. The van der Waals surface area contributed by atoms with Gasteiger partial charge in [-0.3, -0.25) is 14.9 Å². The van der Waals surface area contributed by atoms with Crippen molar-refractivity contribution in [1.29, 1.82) is 0 Å². The summed E-state index contributed by atoms with van der Waals surface area (Å²) in [6.07, 6.45) is -2.44. The van der Waals surface area contributed by atoms with Crippen molar-refractivity contribution in [3.8, 4) is 5.69 Å². The number of alkyl halides is 3. The summed E-state index contributed by atoms with van der Waals surface area (Å²) in [5.41, 5.74) is -1.34. The van der Waals surface area contributed by atoms with Gasteiger partial charge < -0.3 is 24.4 Å². The molecule has 266 valence electrons. The number of carbonyl (C=O) groups excluding carboxylic acids is 3. The smallest absolute Gasteiger partial charge is 0.418 e. The summed E-state index contributed by atoms with van der Waals surface area (Å²) < 4.78 is 61.2. The standard InChI is InChI=1S/C34H43F3N6O6/c1-21(2)19-42(6)28-16-27(40-32(46)49-33(3,4)5)26(15-25(28)34(35,36)37)39-30(45)17-29(44)22-10-9-11-23(14-22)43-24(18-38-41-43)20-48-31-12-7-8-13-47-31/h9-11,14-16,18,21,31H,7-8,12-13,17,19-20H2,1-6H3,(H,39,45)(H,40,46). The predicted octanol–water partition coefficient (Wildman–Crippen LogP) is 6.98. The van der Waals surface area contributed by atoms with Crippen LogP contribution < -0.4 is 15.5 Å². The Bertz CT molecular complexity index is 1630. The van der Waals surface area contributed by atoms with Gasteiger partial charge in [-0.1, -0.05) is 31.2 Å². The number of amides is 2. The molecule has 3 aromatic rings. The van der Waals surface area contributed by atoms with E-state index in [-0.39, 0.29) is 48.0 Å². The molecule has 0 radical (unpaired) electrons. The third kappa shape index (κ3) is 10.7. The van der Waals surface area contributed by atoms with E-state index in [2.05, 4.69) is 20.9 Å². The van der Waals surface area contributed by atoms with E-state index in [0.29, 0.717) is 18.0 Å². The third-order valence-corrected chi connectivity index (χ3v) is 7.31. The molecule has 12 nitrogen and oxygen atoms in total. The second-order valence-electron chi connectivity index (χ2n) is 13.3. The Balaban J connectivity index is 1.55. The minimum atomic E-state index is -4.80. The van der Waals surface area contributed by atoms with Crippen LogP contribution in [-0.2, 0) is 31.8 Å². The molecule has 2 heterocycles. The van der Waals surface area contributed by atoms with Gasteiger partial charge in [0.15, 0.2) is 12.1 Å². The third-order valence-electron chi connectivity index (χ3n) is 7.31. The Kier molecular flexibility index (Phi) is 12.0. The first kappa shape index (κ1) is 37.3. The van der Waals surface area contributed by atoms with E-state index in [9.17, 15) is 27.6 Å². The van der Waals surface area contributed by atoms with Gasteiger partial charge in [0.2, 0.25) is 5.91 Å². The second-order valence-corrected chi connectivity index (χ2v) is 13.3. The van der Waals surface area contributed by atoms with Gasteiger partial charge in [-0.05, 0) is 70.2 Å². The fourth-order valence-electron chi connectivity index (χ4n) is 5.24. The highest BCUT2D eigenvalue weighted by Gasteiger charge is 2.36. The summed E-state index contributed by atoms with van der Waals surface area (Å²) in [4.78, 5) is 40.5. The van der Waals surface area contributed by atoms with E-state index in [4.69, 9.17) is 14.2 Å². The Morgan fingerprint density at radius 1 is 1.08 bits per heavy atom. The van der Waals surface area contributed by atoms with Crippen LogP contribution >= 0.6 is 0 Å². The number of halogens is 3. The highest BCUT2D eigenvalue weighted by atomic mass is 19.4. The van der Waals surface area contributed by atoms with Gasteiger partial charge >= 0.3 is 12.3 Å². The average Bonchev–Trinajstić information content (AvgIpc) is 3.48. The fourth-order valence-corrected chi connectivity index (χ4v) is 5.24. The zero-order valence-electron chi connectivity index (χ0n) is 28.5. The lowest BCUT2D eigenvalue weighted by molar-refractivity contribution is -0.169. The number of nitrogens with zero attached hydrogens (tertiary/aromatic N) is 4. The first-order valence-electron chi connectivity index (χ1n) is 16.0. The van der Waals surface area contributed by atoms with Gasteiger partial charge in [0.05, 0.1) is 53.2 Å². The van der Waals surface area contributed by atoms with Gasteiger partial charge in [0.1, 0.15) is 5.60 Å². The monoisotopic (exact) mass is 688 g/mol. The van der Waals surface area contributed by atoms with Crippen LogP contribution in [0, 0.1) is 5.92 Å². The van der Waals surface area contributed by atoms with Crippen molar-refractivity contribution >= 4 is 34.8 Å². The second kappa shape index (κ2) is 15.8. The Morgan fingerprint density at radius 3 is 2.47 bits per heavy atom. The summed E-state index contributed by atoms with van der Waals surface area (Å²) in [5.74, 6) is -1.46. The van der Waals surface area contributed by atoms with Crippen molar-refractivity contribution < 1.29 is 41.8 Å². The number of hydrogen-bond donors (Lipinski definition) is 2. The molecule has 1 aliphatic heterocycles. The van der Waals surface area contributed by atoms with Gasteiger partial charge in [-0.2, -0.15) is 13.2 Å². The molecule has 0 aliphatic carbocycles. The number of hydrogen-bond acceptors (Lipinski definition) is 9. The molecular formula is C34H43F3N6O6. The topological polar surface area (TPSA) is 137 Å². The van der Waals surface area contributed by atoms with Crippen molar-refractivity contribution in [2.45, 2.75) is 85.0 Å². The van der Waals surface area contributed by atoms with E-state index in [1.165, 1.54) is 35.0 Å². The minimum Gasteiger partial charge on any atom is -0.444 e. The SMILES string of the molecule is CC(C)CN(C)c1cc(NC(=O)OC(C)(C)C)c(NC(=O)CC(=O)c2cccc(-n3nncc3COC3CCCCO3)c2)cc1C(F)(F)F. The van der Waals surface area contributed by atoms with E-state index in [0.717, 1.165) is 31.4 Å². The van der Waals surface area contributed by atoms with Crippen LogP contribution in [0.15, 0.2) is 42.6 Å². The maximum atomic E-state index is 14.3. The number of aromatic nitrogens is 3. The normalized spacial score (nSPS) is 15.2. The van der Waals surface area contributed by atoms with E-state index >= 15 is 0 Å². The van der Waals surface area contributed by atoms with Crippen LogP contribution in [0.1, 0.15) is 81.9 Å². The first-order valence-corrected chi connectivity index (χ1v) is 16.0. The van der Waals surface area contributed by atoms with Crippen molar-refractivity contribution in [2.24, 2.45) is 5.92 Å². The molecule has 15 heteroatoms. The number of nitrogens with one attached hydrogen (secondary N) is 2. The molecular weight excluding hydrogens is 645 g/mol. The Morgan fingerprint density at radius 2 is 1.82 bits per heavy atom. The highest BCUT2D eigenvalue weighted by Crippen LogP contribution is 2.42. The largest absolute Gasteiger partial charge is 0.444 e. The zero-order chi connectivity index (χ0) is 35.9. The molecule has 2 amide bonds. The maximum Gasteiger partial charge on any atom is 0.418 e. The number of benzene rings is 2. The van der Waals surface area contributed by atoms with Crippen LogP contribution in [-0.4, -0.2) is 64.9 Å². The number of Topliss-reactive ketones (excluding diaryl/α,β-unsaturated/α-hetero) is 1. The van der Waals surface area contributed by atoms with Gasteiger partial charge in [0.25, 0.3) is 0 Å². The molecule has 0 bridgehead atoms. The lowest BCUT2D eigenvalue weighted by Crippen LogP contribution is -2.29. The molecule has 1 atom stereocenters. The van der Waals surface area contributed by atoms with Crippen LogP contribution in [0.5, 0.6) is 0 Å². The first-order chi connectivity index (χ1) is 23.0. The van der Waals surface area contributed by atoms with Crippen LogP contribution in [0.2, 0.25) is 0 Å². The van der Waals surface area contributed by atoms with Crippen molar-refractivity contribution in [3.63, 3.8) is 0 Å². The maximum absolute atomic E-state index is 14.3. The van der Waals surface area contributed by atoms with Crippen LogP contribution in [0.4, 0.5) is 35.0 Å². The molecule has 1 fully saturated rings. The molecule has 2 N–H and O–H groups in total. The molecule has 4 rings (SSSR count). The van der Waals surface area contributed by atoms with Crippen molar-refractivity contribution in [2.75, 3.05) is 35.7 Å². The average molecular weight is 689 g/mol. The molecule has 1 saturated heterocycles. The van der Waals surface area contributed by atoms with E-state index in [1.807, 2.05) is 13.8 Å². The molecule has 0 saturated carbocycles. The van der Waals surface area contributed by atoms with Crippen molar-refractivity contribution in [1.82, 2.24) is 15.0 Å². The molecule has 0 spiro atoms. The lowest BCUT2D eigenvalue weighted by Gasteiger charge is -2.27. The number of ketones is 1.